The average Bonchev–Trinajstić information content (AvgIpc) is 2.98. The first-order valence-electron chi connectivity index (χ1n) is 6.85. The molecule has 1 unspecified atom stereocenters. The molecule has 2 aliphatic rings. The fourth-order valence-corrected chi connectivity index (χ4v) is 3.71. The van der Waals surface area contributed by atoms with Crippen LogP contribution in [0.5, 0.6) is 0 Å². The minimum Gasteiger partial charge on any atom is -0.356 e. The highest BCUT2D eigenvalue weighted by Gasteiger charge is 2.47. The van der Waals surface area contributed by atoms with Crippen molar-refractivity contribution in [1.29, 1.82) is 0 Å². The summed E-state index contributed by atoms with van der Waals surface area (Å²) in [6, 6.07) is 4.00. The molecule has 1 aromatic heterocycles. The Labute approximate surface area is 114 Å². The van der Waals surface area contributed by atoms with E-state index in [0.717, 1.165) is 0 Å². The Morgan fingerprint density at radius 2 is 2.20 bits per heavy atom. The molecule has 3 atom stereocenters. The van der Waals surface area contributed by atoms with Crippen LogP contribution >= 0.6 is 0 Å². The quantitative estimate of drug-likeness (QED) is 0.786. The molecule has 2 aliphatic heterocycles. The molecule has 4 rings (SSSR count). The van der Waals surface area contributed by atoms with E-state index in [1.54, 1.807) is 17.0 Å². The predicted molar refractivity (Wildman–Crippen MR) is 70.4 cm³/mol. The summed E-state index contributed by atoms with van der Waals surface area (Å²) in [6.45, 7) is 1.87. The molecule has 1 fully saturated rings. The second-order valence-electron chi connectivity index (χ2n) is 5.60. The van der Waals surface area contributed by atoms with Crippen molar-refractivity contribution in [2.24, 2.45) is 0 Å². The highest BCUT2D eigenvalue weighted by Crippen LogP contribution is 2.48. The van der Waals surface area contributed by atoms with Gasteiger partial charge in [-0.15, -0.1) is 0 Å². The summed E-state index contributed by atoms with van der Waals surface area (Å²) in [5, 5.41) is 0.334. The van der Waals surface area contributed by atoms with Gasteiger partial charge in [0.15, 0.2) is 0 Å². The number of nitrogens with one attached hydrogen (secondary N) is 1. The van der Waals surface area contributed by atoms with E-state index in [4.69, 9.17) is 0 Å². The molecule has 1 N–H and O–H groups in total. The molecule has 1 amide bonds. The zero-order valence-corrected chi connectivity index (χ0v) is 11.0. The van der Waals surface area contributed by atoms with Crippen molar-refractivity contribution < 1.29 is 13.6 Å². The lowest BCUT2D eigenvalue weighted by Gasteiger charge is -2.38. The van der Waals surface area contributed by atoms with E-state index in [1.807, 2.05) is 6.92 Å². The van der Waals surface area contributed by atoms with Gasteiger partial charge >= 0.3 is 0 Å². The first-order valence-corrected chi connectivity index (χ1v) is 6.85. The average molecular weight is 276 g/mol. The number of fused-ring (bicyclic) bond motifs is 4. The monoisotopic (exact) mass is 276 g/mol. The summed E-state index contributed by atoms with van der Waals surface area (Å²) < 4.78 is 28.9. The van der Waals surface area contributed by atoms with Crippen LogP contribution in [0, 0.1) is 5.82 Å². The zero-order valence-electron chi connectivity index (χ0n) is 11.0. The SMILES string of the molecule is C[C@@H]1c2[nH]c3cccc(F)c3c2[C@H](F)C2CCC(=O)N21. The van der Waals surface area contributed by atoms with Crippen LogP contribution in [0.15, 0.2) is 18.2 Å². The lowest BCUT2D eigenvalue weighted by Crippen LogP contribution is -2.42. The third-order valence-electron chi connectivity index (χ3n) is 4.59. The minimum absolute atomic E-state index is 0.0186. The van der Waals surface area contributed by atoms with Crippen molar-refractivity contribution >= 4 is 16.8 Å². The van der Waals surface area contributed by atoms with Gasteiger partial charge in [-0.25, -0.2) is 8.78 Å². The maximum Gasteiger partial charge on any atom is 0.223 e. The molecule has 0 spiro atoms. The van der Waals surface area contributed by atoms with E-state index in [2.05, 4.69) is 4.98 Å². The maximum atomic E-state index is 14.8. The molecule has 2 aromatic rings. The van der Waals surface area contributed by atoms with Gasteiger partial charge in [-0.05, 0) is 25.5 Å². The summed E-state index contributed by atoms with van der Waals surface area (Å²) in [7, 11) is 0. The van der Waals surface area contributed by atoms with Crippen molar-refractivity contribution in [3.63, 3.8) is 0 Å². The number of amides is 1. The Balaban J connectivity index is 2.01. The number of benzene rings is 1. The number of carbonyl (C=O) groups is 1. The Kier molecular flexibility index (Phi) is 2.26. The van der Waals surface area contributed by atoms with E-state index in [-0.39, 0.29) is 11.9 Å². The van der Waals surface area contributed by atoms with Gasteiger partial charge in [0.25, 0.3) is 0 Å². The van der Waals surface area contributed by atoms with Crippen molar-refractivity contribution in [3.05, 3.63) is 35.3 Å². The molecule has 0 bridgehead atoms. The lowest BCUT2D eigenvalue weighted by atomic mass is 9.91. The van der Waals surface area contributed by atoms with Crippen LogP contribution < -0.4 is 0 Å². The van der Waals surface area contributed by atoms with Gasteiger partial charge in [0.1, 0.15) is 12.0 Å². The summed E-state index contributed by atoms with van der Waals surface area (Å²) >= 11 is 0. The number of aromatic nitrogens is 1. The van der Waals surface area contributed by atoms with Crippen LogP contribution in [-0.2, 0) is 4.79 Å². The molecule has 0 saturated carbocycles. The summed E-state index contributed by atoms with van der Waals surface area (Å²) in [4.78, 5) is 16.6. The van der Waals surface area contributed by atoms with Gasteiger partial charge in [0, 0.05) is 28.6 Å². The van der Waals surface area contributed by atoms with Gasteiger partial charge in [-0.1, -0.05) is 6.07 Å². The van der Waals surface area contributed by atoms with Crippen molar-refractivity contribution in [1.82, 2.24) is 9.88 Å². The van der Waals surface area contributed by atoms with Crippen LogP contribution in [0.2, 0.25) is 0 Å². The molecule has 20 heavy (non-hydrogen) atoms. The highest BCUT2D eigenvalue weighted by molar-refractivity contribution is 5.88. The summed E-state index contributed by atoms with van der Waals surface area (Å²) in [5.74, 6) is -0.428. The number of halogens is 2. The molecule has 3 heterocycles. The summed E-state index contributed by atoms with van der Waals surface area (Å²) in [5.41, 5.74) is 1.63. The number of aromatic amines is 1. The van der Waals surface area contributed by atoms with Gasteiger partial charge in [0.2, 0.25) is 5.91 Å². The molecular weight excluding hydrogens is 262 g/mol. The first-order chi connectivity index (χ1) is 9.59. The first kappa shape index (κ1) is 11.9. The number of hydrogen-bond donors (Lipinski definition) is 1. The molecule has 104 valence electrons. The normalized spacial score (nSPS) is 28.9. The smallest absolute Gasteiger partial charge is 0.223 e. The maximum absolute atomic E-state index is 14.8. The minimum atomic E-state index is -1.32. The van der Waals surface area contributed by atoms with E-state index in [0.29, 0.717) is 35.0 Å². The van der Waals surface area contributed by atoms with Crippen molar-refractivity contribution in [3.8, 4) is 0 Å². The van der Waals surface area contributed by atoms with Crippen LogP contribution in [0.25, 0.3) is 10.9 Å². The van der Waals surface area contributed by atoms with Gasteiger partial charge in [0.05, 0.1) is 12.1 Å². The fourth-order valence-electron chi connectivity index (χ4n) is 3.71. The second-order valence-corrected chi connectivity index (χ2v) is 5.60. The Hall–Kier alpha value is -1.91. The largest absolute Gasteiger partial charge is 0.356 e. The van der Waals surface area contributed by atoms with E-state index >= 15 is 0 Å². The van der Waals surface area contributed by atoms with Crippen LogP contribution in [0.3, 0.4) is 0 Å². The molecule has 0 radical (unpaired) electrons. The highest BCUT2D eigenvalue weighted by atomic mass is 19.1. The van der Waals surface area contributed by atoms with Crippen LogP contribution in [0.4, 0.5) is 8.78 Å². The van der Waals surface area contributed by atoms with Crippen molar-refractivity contribution in [2.75, 3.05) is 0 Å². The number of alkyl halides is 1. The molecular formula is C15H14F2N2O. The standard InChI is InChI=1S/C15H14F2N2O/c1-7-15-13(12-8(16)3-2-4-9(12)18-15)14(17)10-5-6-11(20)19(7)10/h2-4,7,10,14,18H,5-6H2,1H3/t7-,10?,14-/m1/s1. The lowest BCUT2D eigenvalue weighted by molar-refractivity contribution is -0.132. The molecule has 0 aliphatic carbocycles. The van der Waals surface area contributed by atoms with Gasteiger partial charge in [-0.3, -0.25) is 4.79 Å². The van der Waals surface area contributed by atoms with E-state index in [1.165, 1.54) is 6.07 Å². The summed E-state index contributed by atoms with van der Waals surface area (Å²) in [6.07, 6.45) is -0.441. The second kappa shape index (κ2) is 3.81. The predicted octanol–water partition coefficient (Wildman–Crippen LogP) is 3.38. The Bertz CT molecular complexity index is 724. The fraction of sp³-hybridized carbons (Fsp3) is 0.400. The number of hydrogen-bond acceptors (Lipinski definition) is 1. The third-order valence-corrected chi connectivity index (χ3v) is 4.59. The van der Waals surface area contributed by atoms with Gasteiger partial charge < -0.3 is 9.88 Å². The van der Waals surface area contributed by atoms with Crippen LogP contribution in [-0.4, -0.2) is 21.8 Å². The number of carbonyl (C=O) groups excluding carboxylic acids is 1. The van der Waals surface area contributed by atoms with Crippen LogP contribution in [0.1, 0.15) is 43.2 Å². The third kappa shape index (κ3) is 1.30. The number of nitrogens with zero attached hydrogens (tertiary/aromatic N) is 1. The molecule has 1 saturated heterocycles. The molecule has 5 heteroatoms. The van der Waals surface area contributed by atoms with E-state index in [9.17, 15) is 13.6 Å². The van der Waals surface area contributed by atoms with Crippen molar-refractivity contribution in [2.45, 2.75) is 38.0 Å². The molecule has 1 aromatic carbocycles. The number of rotatable bonds is 0. The molecule has 3 nitrogen and oxygen atoms in total. The Morgan fingerprint density at radius 1 is 1.40 bits per heavy atom. The topological polar surface area (TPSA) is 36.1 Å². The number of H-pyrrole nitrogens is 1. The zero-order chi connectivity index (χ0) is 14.0. The van der Waals surface area contributed by atoms with E-state index < -0.39 is 18.0 Å². The van der Waals surface area contributed by atoms with Gasteiger partial charge in [-0.2, -0.15) is 0 Å². The Morgan fingerprint density at radius 3 is 3.00 bits per heavy atom.